The van der Waals surface area contributed by atoms with Crippen molar-refractivity contribution < 1.29 is 14.6 Å². The van der Waals surface area contributed by atoms with Crippen molar-refractivity contribution in [3.8, 4) is 11.5 Å². The first kappa shape index (κ1) is 24.2. The van der Waals surface area contributed by atoms with E-state index in [1.807, 2.05) is 6.92 Å². The topological polar surface area (TPSA) is 104 Å². The number of nitrogens with zero attached hydrogens (tertiary/aromatic N) is 1. The first-order valence-corrected chi connectivity index (χ1v) is 12.9. The molecule has 0 saturated heterocycles. The van der Waals surface area contributed by atoms with Crippen LogP contribution in [0.1, 0.15) is 54.9 Å². The molecule has 0 bridgehead atoms. The van der Waals surface area contributed by atoms with Crippen molar-refractivity contribution in [2.45, 2.75) is 50.4 Å². The molecule has 1 aromatic heterocycles. The molecule has 0 fully saturated rings. The number of allylic oxidation sites excluding steroid dienone is 2. The van der Waals surface area contributed by atoms with Gasteiger partial charge in [0.2, 0.25) is 0 Å². The number of ketones is 1. The van der Waals surface area contributed by atoms with Crippen LogP contribution in [0.25, 0.3) is 0 Å². The van der Waals surface area contributed by atoms with E-state index in [4.69, 9.17) is 9.72 Å². The highest BCUT2D eigenvalue weighted by Gasteiger charge is 2.42. The van der Waals surface area contributed by atoms with Crippen LogP contribution in [0.5, 0.6) is 11.5 Å². The highest BCUT2D eigenvalue weighted by atomic mass is 32.2. The highest BCUT2D eigenvalue weighted by Crippen LogP contribution is 2.48. The zero-order chi connectivity index (χ0) is 25.6. The molecule has 186 valence electrons. The quantitative estimate of drug-likeness (QED) is 0.321. The molecule has 3 aromatic rings. The Morgan fingerprint density at radius 1 is 1.14 bits per heavy atom. The number of benzene rings is 2. The van der Waals surface area contributed by atoms with Crippen LogP contribution < -0.4 is 15.6 Å². The fraction of sp³-hybridized carbons (Fsp3) is 0.321. The standard InChI is InChI=1S/C28H29N3O4S/c1-15-5-7-16(8-6-15)14-36-27-30-25-24(26(34)31-27)22(17-9-10-21(35-4)19(32)11-17)23-18(29-25)12-28(2,3)13-20(23)33/h5-11,22,32H,12-14H2,1-4H3,(H2,29,30,31,34). The second-order valence-electron chi connectivity index (χ2n) is 10.2. The fourth-order valence-corrected chi connectivity index (χ4v) is 5.83. The van der Waals surface area contributed by atoms with Gasteiger partial charge in [-0.2, -0.15) is 0 Å². The molecule has 1 unspecified atom stereocenters. The Morgan fingerprint density at radius 2 is 1.89 bits per heavy atom. The largest absolute Gasteiger partial charge is 0.504 e. The number of rotatable bonds is 5. The number of carbonyl (C=O) groups is 1. The second kappa shape index (κ2) is 9.17. The summed E-state index contributed by atoms with van der Waals surface area (Å²) in [6.45, 7) is 6.17. The minimum Gasteiger partial charge on any atom is -0.504 e. The summed E-state index contributed by atoms with van der Waals surface area (Å²) in [6, 6.07) is 13.3. The number of ether oxygens (including phenoxy) is 1. The Balaban J connectivity index is 1.59. The number of carbonyl (C=O) groups excluding carboxylic acids is 1. The van der Waals surface area contributed by atoms with Crippen LogP contribution in [0.3, 0.4) is 0 Å². The number of phenolic OH excluding ortho intramolecular Hbond substituents is 1. The van der Waals surface area contributed by atoms with Crippen molar-refractivity contribution in [1.29, 1.82) is 0 Å². The number of aromatic nitrogens is 2. The molecule has 2 heterocycles. The number of aryl methyl sites for hydroxylation is 1. The number of Topliss-reactive ketones (excluding diaryl/α,β-unsaturated/α-hetero) is 1. The Kier molecular flexibility index (Phi) is 6.16. The van der Waals surface area contributed by atoms with Crippen LogP contribution in [0.4, 0.5) is 5.82 Å². The molecule has 36 heavy (non-hydrogen) atoms. The SMILES string of the molecule is COc1ccc(C2C3=C(CC(C)(C)CC3=O)Nc3nc(SCc4ccc(C)cc4)[nH]c(=O)c32)cc1O. The third kappa shape index (κ3) is 4.53. The zero-order valence-corrected chi connectivity index (χ0v) is 21.6. The lowest BCUT2D eigenvalue weighted by molar-refractivity contribution is -0.118. The van der Waals surface area contributed by atoms with Gasteiger partial charge in [0.1, 0.15) is 5.82 Å². The molecule has 0 spiro atoms. The highest BCUT2D eigenvalue weighted by molar-refractivity contribution is 7.98. The molecule has 5 rings (SSSR count). The number of nitrogens with one attached hydrogen (secondary N) is 2. The van der Waals surface area contributed by atoms with Crippen LogP contribution in [-0.4, -0.2) is 28.0 Å². The average Bonchev–Trinajstić information content (AvgIpc) is 2.81. The first-order valence-electron chi connectivity index (χ1n) is 11.9. The summed E-state index contributed by atoms with van der Waals surface area (Å²) in [7, 11) is 1.48. The molecule has 8 heteroatoms. The van der Waals surface area contributed by atoms with Crippen molar-refractivity contribution in [2.75, 3.05) is 12.4 Å². The van der Waals surface area contributed by atoms with E-state index in [-0.39, 0.29) is 22.5 Å². The molecule has 7 nitrogen and oxygen atoms in total. The van der Waals surface area contributed by atoms with Crippen molar-refractivity contribution >= 4 is 23.4 Å². The van der Waals surface area contributed by atoms with E-state index in [1.165, 1.54) is 24.4 Å². The third-order valence-electron chi connectivity index (χ3n) is 6.73. The molecule has 0 amide bonds. The molecule has 2 aromatic carbocycles. The number of H-pyrrole nitrogens is 1. The fourth-order valence-electron chi connectivity index (χ4n) is 5.02. The van der Waals surface area contributed by atoms with Crippen molar-refractivity contribution in [3.63, 3.8) is 0 Å². The summed E-state index contributed by atoms with van der Waals surface area (Å²) >= 11 is 1.45. The summed E-state index contributed by atoms with van der Waals surface area (Å²) in [6.07, 6.45) is 1.05. The van der Waals surface area contributed by atoms with E-state index in [0.29, 0.717) is 52.0 Å². The normalized spacial score (nSPS) is 18.3. The Hall–Kier alpha value is -3.52. The molecule has 1 aliphatic heterocycles. The predicted octanol–water partition coefficient (Wildman–Crippen LogP) is 5.29. The van der Waals surface area contributed by atoms with Gasteiger partial charge in [-0.25, -0.2) is 4.98 Å². The average molecular weight is 504 g/mol. The van der Waals surface area contributed by atoms with Gasteiger partial charge in [-0.1, -0.05) is 61.5 Å². The van der Waals surface area contributed by atoms with E-state index >= 15 is 0 Å². The van der Waals surface area contributed by atoms with Crippen molar-refractivity contribution in [1.82, 2.24) is 9.97 Å². The number of phenols is 1. The summed E-state index contributed by atoms with van der Waals surface area (Å²) < 4.78 is 5.20. The van der Waals surface area contributed by atoms with Gasteiger partial charge in [0.25, 0.3) is 5.56 Å². The monoisotopic (exact) mass is 503 g/mol. The van der Waals surface area contributed by atoms with Crippen LogP contribution in [0, 0.1) is 12.3 Å². The summed E-state index contributed by atoms with van der Waals surface area (Å²) in [5.41, 5.74) is 4.19. The van der Waals surface area contributed by atoms with Crippen LogP contribution >= 0.6 is 11.8 Å². The number of hydrogen-bond donors (Lipinski definition) is 3. The number of anilines is 1. The van der Waals surface area contributed by atoms with Crippen LogP contribution in [-0.2, 0) is 10.5 Å². The molecule has 3 N–H and O–H groups in total. The van der Waals surface area contributed by atoms with Gasteiger partial charge < -0.3 is 20.1 Å². The molecular formula is C28H29N3O4S. The number of aromatic amines is 1. The molecule has 1 aliphatic carbocycles. The maximum absolute atomic E-state index is 13.5. The smallest absolute Gasteiger partial charge is 0.257 e. The summed E-state index contributed by atoms with van der Waals surface area (Å²) in [5.74, 6) is 0.760. The minimum atomic E-state index is -0.635. The summed E-state index contributed by atoms with van der Waals surface area (Å²) in [5, 5.41) is 14.3. The van der Waals surface area contributed by atoms with Crippen LogP contribution in [0.15, 0.2) is 63.7 Å². The van der Waals surface area contributed by atoms with Gasteiger partial charge in [0.15, 0.2) is 22.4 Å². The van der Waals surface area contributed by atoms with Gasteiger partial charge in [0.05, 0.1) is 12.7 Å². The zero-order valence-electron chi connectivity index (χ0n) is 20.8. The molecule has 2 aliphatic rings. The molecule has 0 saturated carbocycles. The van der Waals surface area contributed by atoms with Crippen LogP contribution in [0.2, 0.25) is 0 Å². The van der Waals surface area contributed by atoms with Gasteiger partial charge >= 0.3 is 0 Å². The molecule has 0 radical (unpaired) electrons. The number of methoxy groups -OCH3 is 1. The van der Waals surface area contributed by atoms with Gasteiger partial charge in [-0.3, -0.25) is 9.59 Å². The molecular weight excluding hydrogens is 474 g/mol. The number of aromatic hydroxyl groups is 1. The van der Waals surface area contributed by atoms with Gasteiger partial charge in [-0.15, -0.1) is 0 Å². The lowest BCUT2D eigenvalue weighted by Gasteiger charge is -2.38. The summed E-state index contributed by atoms with van der Waals surface area (Å²) in [4.78, 5) is 34.5. The minimum absolute atomic E-state index is 0.00284. The third-order valence-corrected chi connectivity index (χ3v) is 7.68. The lowest BCUT2D eigenvalue weighted by Crippen LogP contribution is -2.37. The Labute approximate surface area is 214 Å². The maximum Gasteiger partial charge on any atom is 0.257 e. The number of thioether (sulfide) groups is 1. The Morgan fingerprint density at radius 3 is 2.58 bits per heavy atom. The maximum atomic E-state index is 13.5. The number of fused-ring (bicyclic) bond motifs is 1. The first-order chi connectivity index (χ1) is 17.1. The van der Waals surface area contributed by atoms with Gasteiger partial charge in [0, 0.05) is 29.4 Å². The van der Waals surface area contributed by atoms with E-state index in [1.54, 1.807) is 18.2 Å². The van der Waals surface area contributed by atoms with E-state index in [9.17, 15) is 14.7 Å². The van der Waals surface area contributed by atoms with E-state index in [2.05, 4.69) is 48.4 Å². The van der Waals surface area contributed by atoms with E-state index in [0.717, 1.165) is 11.3 Å². The van der Waals surface area contributed by atoms with Crippen molar-refractivity contribution in [2.24, 2.45) is 5.41 Å². The predicted molar refractivity (Wildman–Crippen MR) is 141 cm³/mol. The Bertz CT molecular complexity index is 1440. The second-order valence-corrected chi connectivity index (χ2v) is 11.2. The van der Waals surface area contributed by atoms with E-state index < -0.39 is 5.92 Å². The van der Waals surface area contributed by atoms with Crippen molar-refractivity contribution in [3.05, 3.63) is 86.3 Å². The number of hydrogen-bond acceptors (Lipinski definition) is 7. The van der Waals surface area contributed by atoms with Gasteiger partial charge in [-0.05, 0) is 42.0 Å². The lowest BCUT2D eigenvalue weighted by atomic mass is 9.69. The molecule has 1 atom stereocenters.